The van der Waals surface area contributed by atoms with Gasteiger partial charge in [0.05, 0.1) is 24.5 Å². The standard InChI is InChI=1S/C21H32N2O3/c1-15-14-16-8-6-4-3-5-7-9-17-10-11-18(23-17)20(16)21(25-2,26-15)19(24)12-13-22/h10-11,15-16,19-20,23-24H,3-9,12,14H2,1-2H3/t15-,16-,19?,20-,21-/m0/s1. The maximum absolute atomic E-state index is 10.9. The molecule has 0 spiro atoms. The number of aliphatic hydroxyl groups is 1. The van der Waals surface area contributed by atoms with Gasteiger partial charge >= 0.3 is 0 Å². The summed E-state index contributed by atoms with van der Waals surface area (Å²) in [5.41, 5.74) is 2.30. The molecule has 1 fully saturated rings. The first kappa shape index (κ1) is 19.4. The molecule has 0 aromatic carbocycles. The van der Waals surface area contributed by atoms with Gasteiger partial charge in [0.2, 0.25) is 5.79 Å². The van der Waals surface area contributed by atoms with Gasteiger partial charge in [-0.3, -0.25) is 0 Å². The fraction of sp³-hybridized carbons (Fsp3) is 0.762. The second-order valence-electron chi connectivity index (χ2n) is 7.95. The van der Waals surface area contributed by atoms with E-state index in [1.807, 2.05) is 6.92 Å². The van der Waals surface area contributed by atoms with Crippen molar-refractivity contribution in [3.8, 4) is 6.07 Å². The Balaban J connectivity index is 2.02. The number of nitrogens with one attached hydrogen (secondary N) is 1. The lowest BCUT2D eigenvalue weighted by Gasteiger charge is -2.50. The van der Waals surface area contributed by atoms with Crippen molar-refractivity contribution in [3.63, 3.8) is 0 Å². The minimum Gasteiger partial charge on any atom is -0.386 e. The third kappa shape index (κ3) is 3.83. The predicted octanol–water partition coefficient (Wildman–Crippen LogP) is 4.04. The second-order valence-corrected chi connectivity index (χ2v) is 7.95. The van der Waals surface area contributed by atoms with Crippen molar-refractivity contribution in [1.82, 2.24) is 4.98 Å². The molecule has 3 heterocycles. The minimum absolute atomic E-state index is 0.00263. The van der Waals surface area contributed by atoms with Crippen LogP contribution in [-0.4, -0.2) is 35.2 Å². The molecule has 26 heavy (non-hydrogen) atoms. The summed E-state index contributed by atoms with van der Waals surface area (Å²) in [6, 6.07) is 6.36. The van der Waals surface area contributed by atoms with Crippen LogP contribution in [0.5, 0.6) is 0 Å². The van der Waals surface area contributed by atoms with Crippen molar-refractivity contribution in [1.29, 1.82) is 5.26 Å². The molecule has 1 unspecified atom stereocenters. The summed E-state index contributed by atoms with van der Waals surface area (Å²) >= 11 is 0. The van der Waals surface area contributed by atoms with Gasteiger partial charge in [-0.2, -0.15) is 5.26 Å². The van der Waals surface area contributed by atoms with Crippen LogP contribution in [-0.2, 0) is 15.9 Å². The highest BCUT2D eigenvalue weighted by atomic mass is 16.7. The Morgan fingerprint density at radius 3 is 2.88 bits per heavy atom. The molecule has 3 rings (SSSR count). The SMILES string of the molecule is CO[C@@]1(C(O)CC#N)O[C@@H](C)C[C@@H]2CCCCCCCc3ccc([nH]3)[C@H]21. The highest BCUT2D eigenvalue weighted by Crippen LogP contribution is 2.49. The van der Waals surface area contributed by atoms with Crippen LogP contribution in [0.15, 0.2) is 12.1 Å². The maximum atomic E-state index is 10.9. The fourth-order valence-electron chi connectivity index (χ4n) is 4.95. The van der Waals surface area contributed by atoms with Crippen molar-refractivity contribution in [2.75, 3.05) is 7.11 Å². The Hall–Kier alpha value is -1.35. The first-order valence-corrected chi connectivity index (χ1v) is 10.1. The average Bonchev–Trinajstić information content (AvgIpc) is 3.07. The Kier molecular flexibility index (Phi) is 6.39. The molecule has 0 saturated carbocycles. The third-order valence-electron chi connectivity index (χ3n) is 6.12. The minimum atomic E-state index is -1.18. The van der Waals surface area contributed by atoms with Crippen LogP contribution in [0.1, 0.15) is 75.6 Å². The topological polar surface area (TPSA) is 78.3 Å². The van der Waals surface area contributed by atoms with Gasteiger partial charge in [-0.25, -0.2) is 0 Å². The summed E-state index contributed by atoms with van der Waals surface area (Å²) < 4.78 is 12.1. The molecule has 1 aromatic rings. The van der Waals surface area contributed by atoms with Crippen molar-refractivity contribution in [2.45, 2.75) is 88.6 Å². The number of hydrogen-bond acceptors (Lipinski definition) is 4. The number of rotatable bonds is 3. The summed E-state index contributed by atoms with van der Waals surface area (Å²) in [6.07, 6.45) is 8.31. The number of nitrogens with zero attached hydrogens (tertiary/aromatic N) is 1. The molecule has 2 bridgehead atoms. The molecular formula is C21H32N2O3. The summed E-state index contributed by atoms with van der Waals surface area (Å²) in [5.74, 6) is -0.914. The van der Waals surface area contributed by atoms with E-state index >= 15 is 0 Å². The number of aryl methyl sites for hydroxylation is 1. The first-order valence-electron chi connectivity index (χ1n) is 10.1. The van der Waals surface area contributed by atoms with Crippen LogP contribution in [0.3, 0.4) is 0 Å². The number of nitriles is 1. The van der Waals surface area contributed by atoms with Crippen molar-refractivity contribution >= 4 is 0 Å². The van der Waals surface area contributed by atoms with Gasteiger partial charge in [0.25, 0.3) is 0 Å². The second kappa shape index (κ2) is 8.56. The highest BCUT2D eigenvalue weighted by Gasteiger charge is 2.55. The molecule has 5 heteroatoms. The molecule has 144 valence electrons. The van der Waals surface area contributed by atoms with Crippen LogP contribution >= 0.6 is 0 Å². The van der Waals surface area contributed by atoms with Gasteiger partial charge in [0, 0.05) is 18.5 Å². The van der Waals surface area contributed by atoms with Crippen LogP contribution in [0.4, 0.5) is 0 Å². The number of methoxy groups -OCH3 is 1. The molecule has 1 saturated heterocycles. The molecule has 5 atom stereocenters. The Bertz CT molecular complexity index is 623. The van der Waals surface area contributed by atoms with E-state index in [-0.39, 0.29) is 18.4 Å². The van der Waals surface area contributed by atoms with E-state index in [9.17, 15) is 5.11 Å². The molecule has 2 aliphatic heterocycles. The van der Waals surface area contributed by atoms with Crippen LogP contribution in [0.25, 0.3) is 0 Å². The quantitative estimate of drug-likeness (QED) is 0.853. The molecule has 2 aliphatic rings. The smallest absolute Gasteiger partial charge is 0.204 e. The monoisotopic (exact) mass is 360 g/mol. The van der Waals surface area contributed by atoms with Gasteiger partial charge < -0.3 is 19.6 Å². The molecule has 0 radical (unpaired) electrons. The normalized spacial score (nSPS) is 34.0. The molecule has 0 aliphatic carbocycles. The van der Waals surface area contributed by atoms with Gasteiger partial charge in [-0.05, 0) is 50.7 Å². The van der Waals surface area contributed by atoms with Crippen molar-refractivity contribution in [2.24, 2.45) is 5.92 Å². The zero-order chi connectivity index (χ0) is 18.6. The fourth-order valence-corrected chi connectivity index (χ4v) is 4.95. The summed E-state index contributed by atoms with van der Waals surface area (Å²) in [4.78, 5) is 3.58. The first-order chi connectivity index (χ1) is 12.6. The number of aromatic nitrogens is 1. The number of H-pyrrole nitrogens is 1. The molecule has 1 aromatic heterocycles. The van der Waals surface area contributed by atoms with E-state index in [0.717, 1.165) is 25.0 Å². The lowest BCUT2D eigenvalue weighted by Crippen LogP contribution is -2.58. The van der Waals surface area contributed by atoms with E-state index in [4.69, 9.17) is 14.7 Å². The van der Waals surface area contributed by atoms with Gasteiger partial charge in [-0.15, -0.1) is 0 Å². The maximum Gasteiger partial charge on any atom is 0.204 e. The summed E-state index contributed by atoms with van der Waals surface area (Å²) in [7, 11) is 1.59. The van der Waals surface area contributed by atoms with Gasteiger partial charge in [-0.1, -0.05) is 25.7 Å². The van der Waals surface area contributed by atoms with E-state index in [2.05, 4.69) is 23.2 Å². The van der Waals surface area contributed by atoms with Crippen molar-refractivity contribution < 1.29 is 14.6 Å². The Morgan fingerprint density at radius 2 is 2.12 bits per heavy atom. The van der Waals surface area contributed by atoms with Crippen LogP contribution in [0, 0.1) is 17.2 Å². The molecular weight excluding hydrogens is 328 g/mol. The highest BCUT2D eigenvalue weighted by molar-refractivity contribution is 5.23. The average molecular weight is 360 g/mol. The van der Waals surface area contributed by atoms with Crippen LogP contribution in [0.2, 0.25) is 0 Å². The number of aliphatic hydroxyl groups excluding tert-OH is 1. The van der Waals surface area contributed by atoms with E-state index in [1.54, 1.807) is 7.11 Å². The Labute approximate surface area is 156 Å². The number of hydrogen-bond donors (Lipinski definition) is 2. The van der Waals surface area contributed by atoms with E-state index in [0.29, 0.717) is 5.92 Å². The molecule has 0 amide bonds. The van der Waals surface area contributed by atoms with Gasteiger partial charge in [0.1, 0.15) is 6.10 Å². The zero-order valence-corrected chi connectivity index (χ0v) is 16.0. The van der Waals surface area contributed by atoms with E-state index in [1.165, 1.54) is 37.8 Å². The lowest BCUT2D eigenvalue weighted by molar-refractivity contribution is -0.326. The third-order valence-corrected chi connectivity index (χ3v) is 6.12. The van der Waals surface area contributed by atoms with E-state index < -0.39 is 11.9 Å². The molecule has 2 N–H and O–H groups in total. The number of aromatic amines is 1. The lowest BCUT2D eigenvalue weighted by atomic mass is 9.72. The predicted molar refractivity (Wildman–Crippen MR) is 99.6 cm³/mol. The van der Waals surface area contributed by atoms with Crippen molar-refractivity contribution in [3.05, 3.63) is 23.5 Å². The zero-order valence-electron chi connectivity index (χ0n) is 16.0. The summed E-state index contributed by atoms with van der Waals surface area (Å²) in [5, 5.41) is 20.0. The Morgan fingerprint density at radius 1 is 1.35 bits per heavy atom. The largest absolute Gasteiger partial charge is 0.386 e. The number of ether oxygens (including phenoxy) is 2. The summed E-state index contributed by atoms with van der Waals surface area (Å²) in [6.45, 7) is 2.04. The molecule has 5 nitrogen and oxygen atoms in total. The van der Waals surface area contributed by atoms with Crippen LogP contribution < -0.4 is 0 Å². The van der Waals surface area contributed by atoms with Gasteiger partial charge in [0.15, 0.2) is 0 Å². The number of fused-ring (bicyclic) bond motifs is 4.